The van der Waals surface area contributed by atoms with Gasteiger partial charge in [0.05, 0.1) is 6.42 Å². The van der Waals surface area contributed by atoms with E-state index in [4.69, 9.17) is 5.11 Å². The predicted molar refractivity (Wildman–Crippen MR) is 60.7 cm³/mol. The molecule has 0 aromatic heterocycles. The van der Waals surface area contributed by atoms with E-state index in [1.807, 2.05) is 0 Å². The first-order valence-corrected chi connectivity index (χ1v) is 6.48. The molecule has 0 saturated heterocycles. The zero-order chi connectivity index (χ0) is 10.6. The van der Waals surface area contributed by atoms with Crippen molar-refractivity contribution in [1.29, 1.82) is 0 Å². The van der Waals surface area contributed by atoms with Crippen molar-refractivity contribution in [3.63, 3.8) is 0 Å². The smallest absolute Gasteiger partial charge is 0.303 e. The van der Waals surface area contributed by atoms with E-state index in [1.54, 1.807) is 0 Å². The molecule has 1 fully saturated rings. The third kappa shape index (κ3) is 3.26. The van der Waals surface area contributed by atoms with Gasteiger partial charge in [-0.05, 0) is 30.6 Å². The van der Waals surface area contributed by atoms with E-state index >= 15 is 0 Å². The highest BCUT2D eigenvalue weighted by Crippen LogP contribution is 2.44. The summed E-state index contributed by atoms with van der Waals surface area (Å²) in [5, 5.41) is 9.83. The number of hydrogen-bond donors (Lipinski definition) is 1. The van der Waals surface area contributed by atoms with Crippen LogP contribution in [0.5, 0.6) is 0 Å². The maximum absolute atomic E-state index is 10.8. The molecule has 1 aliphatic rings. The number of carbonyl (C=O) groups is 1. The minimum Gasteiger partial charge on any atom is -0.481 e. The highest BCUT2D eigenvalue weighted by Gasteiger charge is 2.35. The van der Waals surface area contributed by atoms with Crippen LogP contribution in [0.3, 0.4) is 0 Å². The summed E-state index contributed by atoms with van der Waals surface area (Å²) in [6, 6.07) is 0. The first kappa shape index (κ1) is 12.0. The van der Waals surface area contributed by atoms with Gasteiger partial charge in [0.1, 0.15) is 0 Å². The molecule has 0 aromatic carbocycles. The van der Waals surface area contributed by atoms with Crippen LogP contribution in [0.2, 0.25) is 0 Å². The number of alkyl halides is 1. The summed E-state index contributed by atoms with van der Waals surface area (Å²) >= 11 is 3.43. The number of hydrogen-bond acceptors (Lipinski definition) is 1. The van der Waals surface area contributed by atoms with Gasteiger partial charge in [0.25, 0.3) is 0 Å². The third-order valence-corrected chi connectivity index (χ3v) is 3.88. The Bertz CT molecular complexity index is 195. The quantitative estimate of drug-likeness (QED) is 0.789. The van der Waals surface area contributed by atoms with Crippen molar-refractivity contribution in [3.8, 4) is 0 Å². The Kier molecular flexibility index (Phi) is 4.42. The monoisotopic (exact) mass is 262 g/mol. The molecule has 2 nitrogen and oxygen atoms in total. The second kappa shape index (κ2) is 5.15. The summed E-state index contributed by atoms with van der Waals surface area (Å²) in [4.78, 5) is 10.8. The fraction of sp³-hybridized carbons (Fsp3) is 0.909. The summed E-state index contributed by atoms with van der Waals surface area (Å²) in [7, 11) is 0. The average Bonchev–Trinajstić information content (AvgIpc) is 2.10. The Balaban J connectivity index is 2.57. The molecule has 1 rings (SSSR count). The molecule has 1 N–H and O–H groups in total. The zero-order valence-electron chi connectivity index (χ0n) is 8.76. The van der Waals surface area contributed by atoms with Crippen molar-refractivity contribution in [2.45, 2.75) is 45.4 Å². The van der Waals surface area contributed by atoms with E-state index < -0.39 is 5.97 Å². The van der Waals surface area contributed by atoms with Gasteiger partial charge in [-0.15, -0.1) is 0 Å². The van der Waals surface area contributed by atoms with Crippen LogP contribution in [0, 0.1) is 11.3 Å². The van der Waals surface area contributed by atoms with Crippen molar-refractivity contribution >= 4 is 21.9 Å². The van der Waals surface area contributed by atoms with Crippen LogP contribution in [-0.4, -0.2) is 16.4 Å². The molecule has 0 spiro atoms. The number of aliphatic carboxylic acids is 1. The lowest BCUT2D eigenvalue weighted by molar-refractivity contribution is -0.140. The molecule has 0 bridgehead atoms. The number of rotatable bonds is 4. The molecule has 0 atom stereocenters. The Hall–Kier alpha value is -0.0500. The van der Waals surface area contributed by atoms with Crippen molar-refractivity contribution in [2.24, 2.45) is 11.3 Å². The Morgan fingerprint density at radius 3 is 2.50 bits per heavy atom. The Morgan fingerprint density at radius 1 is 1.50 bits per heavy atom. The van der Waals surface area contributed by atoms with Gasteiger partial charge >= 0.3 is 5.97 Å². The van der Waals surface area contributed by atoms with Crippen molar-refractivity contribution in [1.82, 2.24) is 0 Å². The molecule has 0 aliphatic heterocycles. The van der Waals surface area contributed by atoms with E-state index in [-0.39, 0.29) is 5.41 Å². The van der Waals surface area contributed by atoms with E-state index in [1.165, 1.54) is 12.8 Å². The largest absolute Gasteiger partial charge is 0.481 e. The summed E-state index contributed by atoms with van der Waals surface area (Å²) in [5.41, 5.74) is 0.0852. The highest BCUT2D eigenvalue weighted by molar-refractivity contribution is 9.09. The van der Waals surface area contributed by atoms with Gasteiger partial charge in [0.15, 0.2) is 0 Å². The van der Waals surface area contributed by atoms with Crippen LogP contribution in [-0.2, 0) is 4.79 Å². The predicted octanol–water partition coefficient (Wildman–Crippen LogP) is 3.44. The zero-order valence-corrected chi connectivity index (χ0v) is 10.3. The molecular weight excluding hydrogens is 244 g/mol. The number of carboxylic acid groups (broad SMARTS) is 1. The fourth-order valence-electron chi connectivity index (χ4n) is 2.41. The normalized spacial score (nSPS) is 32.9. The van der Waals surface area contributed by atoms with Crippen molar-refractivity contribution in [2.75, 3.05) is 5.33 Å². The molecule has 3 heteroatoms. The van der Waals surface area contributed by atoms with Crippen LogP contribution >= 0.6 is 15.9 Å². The standard InChI is InChI=1S/C11H19BrO2/c1-9-2-4-11(5-3-9,6-7-12)8-10(13)14/h9H,2-8H2,1H3,(H,13,14). The summed E-state index contributed by atoms with van der Waals surface area (Å²) < 4.78 is 0. The van der Waals surface area contributed by atoms with Gasteiger partial charge in [0, 0.05) is 5.33 Å². The number of halogens is 1. The van der Waals surface area contributed by atoms with Gasteiger partial charge in [-0.2, -0.15) is 0 Å². The molecule has 14 heavy (non-hydrogen) atoms. The Labute approximate surface area is 94.2 Å². The van der Waals surface area contributed by atoms with Crippen LogP contribution in [0.25, 0.3) is 0 Å². The fourth-order valence-corrected chi connectivity index (χ4v) is 3.25. The van der Waals surface area contributed by atoms with Crippen molar-refractivity contribution in [3.05, 3.63) is 0 Å². The van der Waals surface area contributed by atoms with Gasteiger partial charge in [0.2, 0.25) is 0 Å². The van der Waals surface area contributed by atoms with Crippen molar-refractivity contribution < 1.29 is 9.90 Å². The molecule has 82 valence electrons. The minimum atomic E-state index is -0.638. The van der Waals surface area contributed by atoms with E-state index in [0.29, 0.717) is 6.42 Å². The molecule has 1 saturated carbocycles. The maximum Gasteiger partial charge on any atom is 0.303 e. The SMILES string of the molecule is CC1CCC(CCBr)(CC(=O)O)CC1. The second-order valence-electron chi connectivity index (χ2n) is 4.69. The molecular formula is C11H19BrO2. The second-order valence-corrected chi connectivity index (χ2v) is 5.49. The molecule has 0 amide bonds. The van der Waals surface area contributed by atoms with Gasteiger partial charge in [-0.3, -0.25) is 4.79 Å². The first-order chi connectivity index (χ1) is 6.58. The maximum atomic E-state index is 10.8. The summed E-state index contributed by atoms with van der Waals surface area (Å²) in [5.74, 6) is 0.146. The summed E-state index contributed by atoms with van der Waals surface area (Å²) in [6.07, 6.45) is 5.93. The van der Waals surface area contributed by atoms with Crippen LogP contribution < -0.4 is 0 Å². The van der Waals surface area contributed by atoms with Gasteiger partial charge < -0.3 is 5.11 Å². The lowest BCUT2D eigenvalue weighted by Crippen LogP contribution is -2.30. The Morgan fingerprint density at radius 2 is 2.07 bits per heavy atom. The summed E-state index contributed by atoms with van der Waals surface area (Å²) in [6.45, 7) is 2.26. The molecule has 1 aliphatic carbocycles. The van der Waals surface area contributed by atoms with E-state index in [0.717, 1.165) is 30.5 Å². The average molecular weight is 263 g/mol. The first-order valence-electron chi connectivity index (χ1n) is 5.36. The van der Waals surface area contributed by atoms with Crippen LogP contribution in [0.1, 0.15) is 45.4 Å². The lowest BCUT2D eigenvalue weighted by atomic mass is 9.67. The highest BCUT2D eigenvalue weighted by atomic mass is 79.9. The van der Waals surface area contributed by atoms with E-state index in [9.17, 15) is 4.79 Å². The third-order valence-electron chi connectivity index (χ3n) is 3.49. The number of carboxylic acids is 1. The minimum absolute atomic E-state index is 0.0852. The molecule has 0 aromatic rings. The van der Waals surface area contributed by atoms with Crippen LogP contribution in [0.15, 0.2) is 0 Å². The molecule has 0 heterocycles. The topological polar surface area (TPSA) is 37.3 Å². The van der Waals surface area contributed by atoms with Crippen LogP contribution in [0.4, 0.5) is 0 Å². The molecule has 0 unspecified atom stereocenters. The van der Waals surface area contributed by atoms with E-state index in [2.05, 4.69) is 22.9 Å². The van der Waals surface area contributed by atoms with Gasteiger partial charge in [-0.25, -0.2) is 0 Å². The lowest BCUT2D eigenvalue weighted by Gasteiger charge is -2.38. The van der Waals surface area contributed by atoms with Gasteiger partial charge in [-0.1, -0.05) is 35.7 Å². The molecule has 0 radical (unpaired) electrons.